The van der Waals surface area contributed by atoms with Crippen LogP contribution >= 0.6 is 11.3 Å². The lowest BCUT2D eigenvalue weighted by molar-refractivity contribution is 0.0398. The van der Waals surface area contributed by atoms with Crippen LogP contribution in [0.4, 0.5) is 5.69 Å². The number of hydrogen-bond donors (Lipinski definition) is 2. The molecule has 1 unspecified atom stereocenters. The van der Waals surface area contributed by atoms with Gasteiger partial charge in [-0.3, -0.25) is 4.90 Å². The van der Waals surface area contributed by atoms with Gasteiger partial charge in [-0.1, -0.05) is 25.1 Å². The molecule has 2 aromatic carbocycles. The summed E-state index contributed by atoms with van der Waals surface area (Å²) in [5.74, 6) is 3.69. The third kappa shape index (κ3) is 6.06. The highest BCUT2D eigenvalue weighted by Crippen LogP contribution is 2.32. The lowest BCUT2D eigenvalue weighted by atomic mass is 10.1. The Morgan fingerprint density at radius 3 is 2.74 bits per heavy atom. The van der Waals surface area contributed by atoms with Crippen molar-refractivity contribution < 1.29 is 8.95 Å². The number of fused-ring (bicyclic) bond motifs is 1. The first-order valence-electron chi connectivity index (χ1n) is 11.4. The molecule has 0 saturated carbocycles. The molecule has 2 heterocycles. The highest BCUT2D eigenvalue weighted by Gasteiger charge is 2.12. The molecule has 0 amide bonds. The molecule has 3 aromatic rings. The number of rotatable bonds is 9. The summed E-state index contributed by atoms with van der Waals surface area (Å²) < 4.78 is 20.8. The van der Waals surface area contributed by atoms with Crippen molar-refractivity contribution in [1.29, 1.82) is 5.26 Å². The van der Waals surface area contributed by atoms with Gasteiger partial charge in [-0.25, -0.2) is 8.93 Å². The molecule has 1 aliphatic heterocycles. The van der Waals surface area contributed by atoms with E-state index in [4.69, 9.17) is 4.74 Å². The Balaban J connectivity index is 1.46. The molecule has 8 heteroatoms. The molecular formula is C26H30N4O2S2. The maximum atomic E-state index is 12.6. The summed E-state index contributed by atoms with van der Waals surface area (Å²) in [4.78, 5) is 4.55. The smallest absolute Gasteiger partial charge is 0.123 e. The van der Waals surface area contributed by atoms with Crippen molar-refractivity contribution in [3.05, 3.63) is 58.3 Å². The maximum absolute atomic E-state index is 12.6. The van der Waals surface area contributed by atoms with E-state index in [0.717, 1.165) is 60.4 Å². The summed E-state index contributed by atoms with van der Waals surface area (Å²) in [7, 11) is -2.78. The molecule has 1 fully saturated rings. The minimum atomic E-state index is -2.78. The van der Waals surface area contributed by atoms with Crippen LogP contribution in [0.1, 0.15) is 11.8 Å². The maximum Gasteiger partial charge on any atom is 0.123 e. The molecule has 0 aliphatic carbocycles. The first kappa shape index (κ1) is 24.5. The van der Waals surface area contributed by atoms with Crippen LogP contribution in [0.15, 0.2) is 53.4 Å². The SMILES string of the molecule is C=S(=O)(NCC)/C(C#N)=C/c1ccc(-c2ccc3cc(NCCN4CCOCC4)ccc3c2)s1. The highest BCUT2D eigenvalue weighted by atomic mass is 32.2. The molecule has 0 bridgehead atoms. The Hall–Kier alpha value is -2.67. The van der Waals surface area contributed by atoms with Crippen molar-refractivity contribution in [3.63, 3.8) is 0 Å². The Morgan fingerprint density at radius 2 is 1.97 bits per heavy atom. The van der Waals surface area contributed by atoms with Crippen LogP contribution in [0.2, 0.25) is 0 Å². The Kier molecular flexibility index (Phi) is 8.03. The largest absolute Gasteiger partial charge is 0.384 e. The standard InChI is InChI=1S/C26H30N4O2S2/c1-3-29-34(2,31)25(19-27)18-24-8-9-26(33-24)22-5-4-21-17-23(7-6-20(21)16-22)28-10-11-30-12-14-32-15-13-30/h4-9,16-18,28H,2-3,10-15H2,1H3,(H,29,31)/b25-18+. The van der Waals surface area contributed by atoms with Crippen molar-refractivity contribution in [1.82, 2.24) is 9.62 Å². The van der Waals surface area contributed by atoms with Crippen molar-refractivity contribution in [2.24, 2.45) is 0 Å². The fraction of sp³-hybridized carbons (Fsp3) is 0.308. The van der Waals surface area contributed by atoms with Crippen LogP contribution in [0.25, 0.3) is 27.3 Å². The molecule has 1 atom stereocenters. The molecule has 178 valence electrons. The average molecular weight is 495 g/mol. The summed E-state index contributed by atoms with van der Waals surface area (Å²) in [5, 5.41) is 15.3. The number of nitrogens with zero attached hydrogens (tertiary/aromatic N) is 2. The number of nitriles is 1. The molecule has 6 nitrogen and oxygen atoms in total. The number of hydrogen-bond acceptors (Lipinski definition) is 6. The van der Waals surface area contributed by atoms with Gasteiger partial charge >= 0.3 is 0 Å². The van der Waals surface area contributed by atoms with Gasteiger partial charge in [-0.05, 0) is 58.6 Å². The minimum absolute atomic E-state index is 0.162. The zero-order valence-electron chi connectivity index (χ0n) is 19.4. The van der Waals surface area contributed by atoms with Crippen molar-refractivity contribution in [2.75, 3.05) is 51.3 Å². The minimum Gasteiger partial charge on any atom is -0.384 e. The summed E-state index contributed by atoms with van der Waals surface area (Å²) in [6, 6.07) is 18.9. The van der Waals surface area contributed by atoms with Crippen LogP contribution in [0.5, 0.6) is 0 Å². The second kappa shape index (κ2) is 11.2. The predicted octanol–water partition coefficient (Wildman–Crippen LogP) is 4.42. The number of morpholine rings is 1. The van der Waals surface area contributed by atoms with Gasteiger partial charge in [0.15, 0.2) is 0 Å². The van der Waals surface area contributed by atoms with Crippen LogP contribution < -0.4 is 10.0 Å². The summed E-state index contributed by atoms with van der Waals surface area (Å²) in [6.07, 6.45) is 1.67. The lowest BCUT2D eigenvalue weighted by Crippen LogP contribution is -2.38. The van der Waals surface area contributed by atoms with Gasteiger partial charge in [0, 0.05) is 48.2 Å². The van der Waals surface area contributed by atoms with Crippen molar-refractivity contribution >= 4 is 49.5 Å². The Morgan fingerprint density at radius 1 is 1.21 bits per heavy atom. The number of nitrogens with one attached hydrogen (secondary N) is 2. The Labute approximate surface area is 206 Å². The van der Waals surface area contributed by atoms with E-state index >= 15 is 0 Å². The highest BCUT2D eigenvalue weighted by molar-refractivity contribution is 8.02. The second-order valence-electron chi connectivity index (χ2n) is 8.15. The van der Waals surface area contributed by atoms with Gasteiger partial charge in [0.2, 0.25) is 0 Å². The molecular weight excluding hydrogens is 464 g/mol. The quantitative estimate of drug-likeness (QED) is 0.340. The van der Waals surface area contributed by atoms with Gasteiger partial charge in [-0.15, -0.1) is 11.3 Å². The summed E-state index contributed by atoms with van der Waals surface area (Å²) in [5.41, 5.74) is 2.24. The number of thiophene rings is 1. The first-order chi connectivity index (χ1) is 16.5. The van der Waals surface area contributed by atoms with E-state index < -0.39 is 9.71 Å². The monoisotopic (exact) mass is 494 g/mol. The van der Waals surface area contributed by atoms with E-state index in [1.54, 1.807) is 17.4 Å². The molecule has 1 saturated heterocycles. The van der Waals surface area contributed by atoms with E-state index in [0.29, 0.717) is 6.54 Å². The average Bonchev–Trinajstić information content (AvgIpc) is 3.31. The predicted molar refractivity (Wildman–Crippen MR) is 146 cm³/mol. The van der Waals surface area contributed by atoms with Crippen LogP contribution in [-0.4, -0.2) is 60.9 Å². The molecule has 1 aliphatic rings. The van der Waals surface area contributed by atoms with E-state index in [1.807, 2.05) is 25.1 Å². The van der Waals surface area contributed by atoms with Gasteiger partial charge in [0.25, 0.3) is 0 Å². The third-order valence-corrected chi connectivity index (χ3v) is 8.48. The normalized spacial score (nSPS) is 16.8. The van der Waals surface area contributed by atoms with E-state index in [2.05, 4.69) is 57.2 Å². The molecule has 0 spiro atoms. The van der Waals surface area contributed by atoms with E-state index in [9.17, 15) is 9.47 Å². The van der Waals surface area contributed by atoms with Gasteiger partial charge in [-0.2, -0.15) is 5.26 Å². The van der Waals surface area contributed by atoms with Crippen molar-refractivity contribution in [3.8, 4) is 16.5 Å². The van der Waals surface area contributed by atoms with E-state index in [1.165, 1.54) is 10.8 Å². The number of anilines is 1. The van der Waals surface area contributed by atoms with Crippen LogP contribution in [0.3, 0.4) is 0 Å². The number of ether oxygens (including phenoxy) is 1. The molecule has 1 aromatic heterocycles. The van der Waals surface area contributed by atoms with Crippen molar-refractivity contribution in [2.45, 2.75) is 6.92 Å². The van der Waals surface area contributed by atoms with Gasteiger partial charge in [0.05, 0.1) is 22.9 Å². The van der Waals surface area contributed by atoms with Crippen LogP contribution in [-0.2, 0) is 14.4 Å². The zero-order valence-corrected chi connectivity index (χ0v) is 21.0. The van der Waals surface area contributed by atoms with Gasteiger partial charge in [0.1, 0.15) is 11.0 Å². The second-order valence-corrected chi connectivity index (χ2v) is 11.3. The van der Waals surface area contributed by atoms with E-state index in [-0.39, 0.29) is 4.91 Å². The van der Waals surface area contributed by atoms with Crippen LogP contribution in [0, 0.1) is 11.3 Å². The lowest BCUT2D eigenvalue weighted by Gasteiger charge is -2.26. The third-order valence-electron chi connectivity index (χ3n) is 5.73. The first-order valence-corrected chi connectivity index (χ1v) is 13.9. The van der Waals surface area contributed by atoms with Gasteiger partial charge < -0.3 is 10.1 Å². The summed E-state index contributed by atoms with van der Waals surface area (Å²) in [6.45, 7) is 7.91. The zero-order chi connectivity index (χ0) is 24.0. The fourth-order valence-electron chi connectivity index (χ4n) is 3.92. The fourth-order valence-corrected chi connectivity index (χ4v) is 6.03. The number of allylic oxidation sites excluding steroid dienone is 1. The molecule has 4 rings (SSSR count). The summed E-state index contributed by atoms with van der Waals surface area (Å²) >= 11 is 1.57. The molecule has 2 N–H and O–H groups in total. The Bertz CT molecular complexity index is 1320. The number of benzene rings is 2. The molecule has 0 radical (unpaired) electrons. The molecule has 34 heavy (non-hydrogen) atoms. The topological polar surface area (TPSA) is 77.4 Å².